The topological polar surface area (TPSA) is 97.4 Å². The lowest BCUT2D eigenvalue weighted by atomic mass is 10.0. The van der Waals surface area contributed by atoms with Gasteiger partial charge in [-0.25, -0.2) is 9.48 Å². The fourth-order valence-corrected chi connectivity index (χ4v) is 4.40. The molecule has 5 aromatic rings. The molecule has 0 aliphatic rings. The summed E-state index contributed by atoms with van der Waals surface area (Å²) in [6.07, 6.45) is -1.42. The second-order valence-corrected chi connectivity index (χ2v) is 9.14. The number of carbonyl (C=O) groups is 1. The van der Waals surface area contributed by atoms with Crippen molar-refractivity contribution in [2.24, 2.45) is 0 Å². The highest BCUT2D eigenvalue weighted by atomic mass is 19.4. The van der Waals surface area contributed by atoms with Gasteiger partial charge in [-0.1, -0.05) is 18.2 Å². The summed E-state index contributed by atoms with van der Waals surface area (Å²) in [5.74, 6) is -0.841. The minimum atomic E-state index is -4.44. The minimum absolute atomic E-state index is 0.110. The second kappa shape index (κ2) is 9.79. The molecular weight excluding hydrogens is 511 g/mol. The summed E-state index contributed by atoms with van der Waals surface area (Å²) in [6.45, 7) is 3.68. The highest BCUT2D eigenvalue weighted by molar-refractivity contribution is 5.94. The van der Waals surface area contributed by atoms with Gasteiger partial charge in [0.15, 0.2) is 5.43 Å². The SMILES string of the molecule is Cc1cc(C(C)Nc2ccccc2C(=O)O)c2oc(-c3cnn(-c4ccc(C(F)(F)F)cc4)c3)cc(=O)c2c1. The number of carboxylic acids is 1. The van der Waals surface area contributed by atoms with Crippen LogP contribution in [0, 0.1) is 6.92 Å². The number of carboxylic acid groups (broad SMARTS) is 1. The molecule has 10 heteroatoms. The molecule has 0 aliphatic carbocycles. The Morgan fingerprint density at radius 1 is 1.08 bits per heavy atom. The molecule has 7 nitrogen and oxygen atoms in total. The Kier molecular flexibility index (Phi) is 6.47. The number of hydrogen-bond donors (Lipinski definition) is 2. The van der Waals surface area contributed by atoms with Crippen LogP contribution < -0.4 is 10.7 Å². The molecule has 2 aromatic heterocycles. The molecule has 39 heavy (non-hydrogen) atoms. The average Bonchev–Trinajstić information content (AvgIpc) is 3.39. The Bertz CT molecular complexity index is 1750. The van der Waals surface area contributed by atoms with Crippen molar-refractivity contribution >= 4 is 22.6 Å². The van der Waals surface area contributed by atoms with Gasteiger partial charge in [0.25, 0.3) is 0 Å². The molecule has 1 unspecified atom stereocenters. The zero-order valence-corrected chi connectivity index (χ0v) is 20.8. The van der Waals surface area contributed by atoms with Crippen LogP contribution in [0.3, 0.4) is 0 Å². The number of nitrogens with one attached hydrogen (secondary N) is 1. The third-order valence-corrected chi connectivity index (χ3v) is 6.32. The number of hydrogen-bond acceptors (Lipinski definition) is 5. The average molecular weight is 534 g/mol. The maximum Gasteiger partial charge on any atom is 0.416 e. The predicted molar refractivity (Wildman–Crippen MR) is 140 cm³/mol. The molecule has 0 fully saturated rings. The van der Waals surface area contributed by atoms with Crippen LogP contribution in [0.4, 0.5) is 18.9 Å². The third kappa shape index (κ3) is 5.13. The largest absolute Gasteiger partial charge is 0.478 e. The molecule has 198 valence electrons. The van der Waals surface area contributed by atoms with Gasteiger partial charge in [-0.3, -0.25) is 4.79 Å². The number of aryl methyl sites for hydroxylation is 1. The van der Waals surface area contributed by atoms with E-state index in [0.717, 1.165) is 17.7 Å². The molecule has 0 saturated carbocycles. The van der Waals surface area contributed by atoms with Crippen molar-refractivity contribution in [3.63, 3.8) is 0 Å². The van der Waals surface area contributed by atoms with Crippen LogP contribution in [0.5, 0.6) is 0 Å². The van der Waals surface area contributed by atoms with Gasteiger partial charge in [0.1, 0.15) is 11.3 Å². The Hall–Kier alpha value is -4.86. The van der Waals surface area contributed by atoms with Crippen molar-refractivity contribution < 1.29 is 27.5 Å². The Morgan fingerprint density at radius 2 is 1.79 bits per heavy atom. The fourth-order valence-electron chi connectivity index (χ4n) is 4.40. The summed E-state index contributed by atoms with van der Waals surface area (Å²) in [7, 11) is 0. The Morgan fingerprint density at radius 3 is 2.49 bits per heavy atom. The van der Waals surface area contributed by atoms with Crippen LogP contribution in [0.25, 0.3) is 28.0 Å². The van der Waals surface area contributed by atoms with E-state index in [1.165, 1.54) is 35.1 Å². The molecule has 0 aliphatic heterocycles. The number of anilines is 1. The number of benzene rings is 3. The number of fused-ring (bicyclic) bond motifs is 1. The van der Waals surface area contributed by atoms with Crippen LogP contribution in [0.1, 0.15) is 40.0 Å². The second-order valence-electron chi connectivity index (χ2n) is 9.14. The first-order valence-corrected chi connectivity index (χ1v) is 11.9. The lowest BCUT2D eigenvalue weighted by Gasteiger charge is -2.19. The monoisotopic (exact) mass is 533 g/mol. The third-order valence-electron chi connectivity index (χ3n) is 6.32. The van der Waals surface area contributed by atoms with Gasteiger partial charge in [0, 0.05) is 23.5 Å². The molecular formula is C29H22F3N3O4. The molecule has 0 radical (unpaired) electrons. The van der Waals surface area contributed by atoms with Gasteiger partial charge in [0.05, 0.1) is 40.0 Å². The smallest absolute Gasteiger partial charge is 0.416 e. The lowest BCUT2D eigenvalue weighted by Crippen LogP contribution is -2.12. The van der Waals surface area contributed by atoms with Gasteiger partial charge < -0.3 is 14.8 Å². The number of rotatable bonds is 6. The van der Waals surface area contributed by atoms with Crippen LogP contribution >= 0.6 is 0 Å². The highest BCUT2D eigenvalue weighted by Crippen LogP contribution is 2.32. The van der Waals surface area contributed by atoms with Crippen LogP contribution in [0.2, 0.25) is 0 Å². The quantitative estimate of drug-likeness (QED) is 0.248. The summed E-state index contributed by atoms with van der Waals surface area (Å²) >= 11 is 0. The zero-order valence-electron chi connectivity index (χ0n) is 20.8. The number of aromatic nitrogens is 2. The van der Waals surface area contributed by atoms with E-state index in [-0.39, 0.29) is 16.8 Å². The molecule has 0 spiro atoms. The summed E-state index contributed by atoms with van der Waals surface area (Å²) in [5, 5.41) is 17.3. The molecule has 2 N–H and O–H groups in total. The Labute approximate surface area is 220 Å². The van der Waals surface area contributed by atoms with Gasteiger partial charge in [-0.2, -0.15) is 18.3 Å². The van der Waals surface area contributed by atoms with Crippen molar-refractivity contribution in [3.05, 3.63) is 112 Å². The number of alkyl halides is 3. The first kappa shape index (κ1) is 25.8. The van der Waals surface area contributed by atoms with Gasteiger partial charge in [0.2, 0.25) is 0 Å². The van der Waals surface area contributed by atoms with Gasteiger partial charge in [-0.15, -0.1) is 0 Å². The van der Waals surface area contributed by atoms with Crippen molar-refractivity contribution in [3.8, 4) is 17.0 Å². The van der Waals surface area contributed by atoms with E-state index in [0.29, 0.717) is 33.5 Å². The van der Waals surface area contributed by atoms with Crippen molar-refractivity contribution in [2.45, 2.75) is 26.1 Å². The highest BCUT2D eigenvalue weighted by Gasteiger charge is 2.30. The first-order valence-electron chi connectivity index (χ1n) is 11.9. The van der Waals surface area contributed by atoms with Gasteiger partial charge in [-0.05, 0) is 61.9 Å². The van der Waals surface area contributed by atoms with E-state index in [9.17, 15) is 27.9 Å². The zero-order chi connectivity index (χ0) is 27.9. The number of halogens is 3. The number of para-hydroxylation sites is 1. The van der Waals surface area contributed by atoms with Crippen LogP contribution in [0.15, 0.2) is 88.3 Å². The van der Waals surface area contributed by atoms with Crippen LogP contribution in [-0.4, -0.2) is 20.9 Å². The van der Waals surface area contributed by atoms with Crippen LogP contribution in [-0.2, 0) is 6.18 Å². The number of aromatic carboxylic acids is 1. The maximum absolute atomic E-state index is 13.1. The summed E-state index contributed by atoms with van der Waals surface area (Å²) in [4.78, 5) is 24.8. The molecule has 2 heterocycles. The number of nitrogens with zero attached hydrogens (tertiary/aromatic N) is 2. The van der Waals surface area contributed by atoms with E-state index in [1.54, 1.807) is 30.5 Å². The normalized spacial score (nSPS) is 12.4. The van der Waals surface area contributed by atoms with Crippen molar-refractivity contribution in [1.29, 1.82) is 0 Å². The summed E-state index contributed by atoms with van der Waals surface area (Å²) in [6, 6.07) is 15.6. The lowest BCUT2D eigenvalue weighted by molar-refractivity contribution is -0.137. The molecule has 5 rings (SSSR count). The van der Waals surface area contributed by atoms with Crippen molar-refractivity contribution in [1.82, 2.24) is 9.78 Å². The standard InChI is InChI=1S/C29H22F3N3O4/c1-16-11-22(17(2)34-24-6-4-3-5-21(24)28(37)38)27-23(12-16)25(36)13-26(39-27)18-14-33-35(15-18)20-9-7-19(8-10-20)29(30,31)32/h3-15,17,34H,1-2H3,(H,37,38). The molecule has 0 saturated heterocycles. The maximum atomic E-state index is 13.1. The van der Waals surface area contributed by atoms with E-state index >= 15 is 0 Å². The Balaban J connectivity index is 1.54. The summed E-state index contributed by atoms with van der Waals surface area (Å²) < 4.78 is 46.3. The predicted octanol–water partition coefficient (Wildman–Crippen LogP) is 6.84. The van der Waals surface area contributed by atoms with Crippen molar-refractivity contribution in [2.75, 3.05) is 5.32 Å². The minimum Gasteiger partial charge on any atom is -0.478 e. The van der Waals surface area contributed by atoms with E-state index in [1.807, 2.05) is 19.9 Å². The molecule has 1 atom stereocenters. The first-order chi connectivity index (χ1) is 18.5. The molecule has 0 amide bonds. The van der Waals surface area contributed by atoms with E-state index in [2.05, 4.69) is 10.4 Å². The fraction of sp³-hybridized carbons (Fsp3) is 0.138. The van der Waals surface area contributed by atoms with Gasteiger partial charge >= 0.3 is 12.1 Å². The molecule has 3 aromatic carbocycles. The van der Waals surface area contributed by atoms with E-state index < -0.39 is 23.8 Å². The summed E-state index contributed by atoms with van der Waals surface area (Å²) in [5.41, 5.74) is 2.15. The molecule has 0 bridgehead atoms. The van der Waals surface area contributed by atoms with E-state index in [4.69, 9.17) is 4.42 Å².